The number of nitrogens with zero attached hydrogens (tertiary/aromatic N) is 3. The Kier molecular flexibility index (Phi) is 10.4. The van der Waals surface area contributed by atoms with Crippen LogP contribution in [0.25, 0.3) is 0 Å². The minimum Gasteiger partial charge on any atom is -0.477 e. The van der Waals surface area contributed by atoms with Gasteiger partial charge < -0.3 is 15.4 Å². The number of halogens is 1. The third-order valence-corrected chi connectivity index (χ3v) is 4.03. The minimum absolute atomic E-state index is 0. The lowest BCUT2D eigenvalue weighted by atomic mass is 10.3. The van der Waals surface area contributed by atoms with Crippen molar-refractivity contribution < 1.29 is 4.74 Å². The average molecular weight is 475 g/mol. The molecule has 25 heavy (non-hydrogen) atoms. The summed E-state index contributed by atoms with van der Waals surface area (Å²) in [5.41, 5.74) is 0.980. The van der Waals surface area contributed by atoms with Gasteiger partial charge in [-0.05, 0) is 26.3 Å². The second-order valence-corrected chi connectivity index (χ2v) is 6.55. The van der Waals surface area contributed by atoms with Crippen molar-refractivity contribution in [3.8, 4) is 5.88 Å². The molecule has 2 aromatic heterocycles. The number of hydrogen-bond donors (Lipinski definition) is 2. The molecule has 0 atom stereocenters. The number of aliphatic imine (C=N–C) groups is 1. The topological polar surface area (TPSA) is 71.4 Å². The van der Waals surface area contributed by atoms with Crippen LogP contribution in [0.5, 0.6) is 5.88 Å². The van der Waals surface area contributed by atoms with Crippen LogP contribution in [0, 0.1) is 6.92 Å². The molecule has 2 N–H and O–H groups in total. The van der Waals surface area contributed by atoms with E-state index < -0.39 is 0 Å². The Morgan fingerprint density at radius 2 is 2.12 bits per heavy atom. The van der Waals surface area contributed by atoms with Crippen LogP contribution < -0.4 is 15.4 Å². The van der Waals surface area contributed by atoms with Crippen LogP contribution in [0.15, 0.2) is 29.5 Å². The fraction of sp³-hybridized carbons (Fsp3) is 0.471. The molecule has 0 aromatic carbocycles. The summed E-state index contributed by atoms with van der Waals surface area (Å²) in [5.74, 6) is 1.42. The normalized spacial score (nSPS) is 10.9. The van der Waals surface area contributed by atoms with Gasteiger partial charge in [-0.1, -0.05) is 13.0 Å². The van der Waals surface area contributed by atoms with E-state index in [0.29, 0.717) is 25.6 Å². The molecule has 0 aliphatic heterocycles. The van der Waals surface area contributed by atoms with Crippen molar-refractivity contribution in [1.29, 1.82) is 0 Å². The van der Waals surface area contributed by atoms with Gasteiger partial charge in [-0.25, -0.2) is 15.0 Å². The van der Waals surface area contributed by atoms with Gasteiger partial charge >= 0.3 is 0 Å². The lowest BCUT2D eigenvalue weighted by molar-refractivity contribution is 0.302. The maximum atomic E-state index is 5.68. The van der Waals surface area contributed by atoms with Gasteiger partial charge in [0.1, 0.15) is 5.01 Å². The molecule has 0 saturated heterocycles. The van der Waals surface area contributed by atoms with E-state index in [1.165, 1.54) is 4.88 Å². The molecule has 0 radical (unpaired) electrons. The molecule has 8 heteroatoms. The number of nitrogens with one attached hydrogen (secondary N) is 2. The first kappa shape index (κ1) is 21.6. The highest BCUT2D eigenvalue weighted by molar-refractivity contribution is 14.0. The second-order valence-electron chi connectivity index (χ2n) is 5.23. The quantitative estimate of drug-likeness (QED) is 0.348. The van der Waals surface area contributed by atoms with Crippen molar-refractivity contribution in [2.24, 2.45) is 4.99 Å². The van der Waals surface area contributed by atoms with Crippen LogP contribution in [0.1, 0.15) is 35.7 Å². The number of hydrogen-bond acceptors (Lipinski definition) is 5. The Hall–Kier alpha value is -1.42. The summed E-state index contributed by atoms with van der Waals surface area (Å²) in [7, 11) is 0. The van der Waals surface area contributed by atoms with E-state index in [2.05, 4.69) is 39.4 Å². The van der Waals surface area contributed by atoms with E-state index in [-0.39, 0.29) is 24.0 Å². The number of aromatic nitrogens is 2. The zero-order valence-electron chi connectivity index (χ0n) is 14.9. The van der Waals surface area contributed by atoms with Crippen LogP contribution in [-0.2, 0) is 13.1 Å². The zero-order chi connectivity index (χ0) is 17.2. The Bertz CT molecular complexity index is 662. The lowest BCUT2D eigenvalue weighted by Gasteiger charge is -2.11. The van der Waals surface area contributed by atoms with Gasteiger partial charge in [0.15, 0.2) is 5.96 Å². The number of rotatable bonds is 8. The maximum Gasteiger partial charge on any atom is 0.218 e. The van der Waals surface area contributed by atoms with E-state index in [1.807, 2.05) is 25.3 Å². The van der Waals surface area contributed by atoms with Crippen LogP contribution in [-0.4, -0.2) is 29.1 Å². The molecule has 0 aliphatic carbocycles. The van der Waals surface area contributed by atoms with Crippen molar-refractivity contribution in [2.45, 2.75) is 40.3 Å². The molecule has 2 aromatic rings. The number of aryl methyl sites for hydroxylation is 1. The predicted octanol–water partition coefficient (Wildman–Crippen LogP) is 3.51. The maximum absolute atomic E-state index is 5.68. The molecule has 0 unspecified atom stereocenters. The Labute approximate surface area is 170 Å². The fourth-order valence-corrected chi connectivity index (χ4v) is 2.75. The standard InChI is InChI=1S/C17H25N5OS.HI/c1-4-9-23-16-14(7-6-8-19-16)11-21-17(18-5-2)22-12-15-20-10-13(3)24-15;/h6-8,10H,4-5,9,11-12H2,1-3H3,(H2,18,21,22);1H. The summed E-state index contributed by atoms with van der Waals surface area (Å²) >= 11 is 1.69. The molecular formula is C17H26IN5OS. The molecule has 0 amide bonds. The monoisotopic (exact) mass is 475 g/mol. The zero-order valence-corrected chi connectivity index (χ0v) is 18.1. The smallest absolute Gasteiger partial charge is 0.218 e. The Morgan fingerprint density at radius 1 is 1.28 bits per heavy atom. The Balaban J connectivity index is 0.00000312. The molecule has 2 heterocycles. The van der Waals surface area contributed by atoms with Gasteiger partial charge in [0.05, 0.1) is 19.7 Å². The molecule has 0 spiro atoms. The lowest BCUT2D eigenvalue weighted by Crippen LogP contribution is -2.36. The van der Waals surface area contributed by atoms with E-state index in [4.69, 9.17) is 4.74 Å². The van der Waals surface area contributed by atoms with Crippen molar-refractivity contribution in [3.05, 3.63) is 40.0 Å². The summed E-state index contributed by atoms with van der Waals surface area (Å²) in [6.07, 6.45) is 4.59. The van der Waals surface area contributed by atoms with Crippen molar-refractivity contribution >= 4 is 41.3 Å². The second kappa shape index (κ2) is 12.0. The van der Waals surface area contributed by atoms with Crippen LogP contribution in [0.2, 0.25) is 0 Å². The summed E-state index contributed by atoms with van der Waals surface area (Å²) in [6.45, 7) is 8.82. The molecule has 2 rings (SSSR count). The van der Waals surface area contributed by atoms with Gasteiger partial charge in [0.2, 0.25) is 5.88 Å². The SMILES string of the molecule is CCCOc1ncccc1CN=C(NCC)NCc1ncc(C)s1.I. The fourth-order valence-electron chi connectivity index (χ4n) is 2.02. The molecule has 0 saturated carbocycles. The van der Waals surface area contributed by atoms with E-state index >= 15 is 0 Å². The van der Waals surface area contributed by atoms with Gasteiger partial charge in [-0.15, -0.1) is 35.3 Å². The van der Waals surface area contributed by atoms with Gasteiger partial charge in [-0.3, -0.25) is 0 Å². The first-order chi connectivity index (χ1) is 11.7. The van der Waals surface area contributed by atoms with Crippen molar-refractivity contribution in [3.63, 3.8) is 0 Å². The highest BCUT2D eigenvalue weighted by atomic mass is 127. The van der Waals surface area contributed by atoms with Gasteiger partial charge in [-0.2, -0.15) is 0 Å². The number of ether oxygens (including phenoxy) is 1. The molecular weight excluding hydrogens is 449 g/mol. The van der Waals surface area contributed by atoms with E-state index in [9.17, 15) is 0 Å². The number of thiazole rings is 1. The van der Waals surface area contributed by atoms with Crippen LogP contribution in [0.4, 0.5) is 0 Å². The third-order valence-electron chi connectivity index (χ3n) is 3.12. The summed E-state index contributed by atoms with van der Waals surface area (Å²) in [5, 5.41) is 7.60. The summed E-state index contributed by atoms with van der Waals surface area (Å²) < 4.78 is 5.68. The van der Waals surface area contributed by atoms with Crippen LogP contribution in [0.3, 0.4) is 0 Å². The van der Waals surface area contributed by atoms with E-state index in [0.717, 1.165) is 29.5 Å². The van der Waals surface area contributed by atoms with Gasteiger partial charge in [0.25, 0.3) is 0 Å². The minimum atomic E-state index is 0. The average Bonchev–Trinajstić information content (AvgIpc) is 3.01. The first-order valence-corrected chi connectivity index (χ1v) is 9.04. The number of pyridine rings is 1. The molecule has 6 nitrogen and oxygen atoms in total. The summed E-state index contributed by atoms with van der Waals surface area (Å²) in [6, 6.07) is 3.90. The predicted molar refractivity (Wildman–Crippen MR) is 114 cm³/mol. The summed E-state index contributed by atoms with van der Waals surface area (Å²) in [4.78, 5) is 14.5. The third kappa shape index (κ3) is 7.55. The highest BCUT2D eigenvalue weighted by Crippen LogP contribution is 2.15. The van der Waals surface area contributed by atoms with Crippen molar-refractivity contribution in [2.75, 3.05) is 13.2 Å². The molecule has 0 bridgehead atoms. The molecule has 0 fully saturated rings. The van der Waals surface area contributed by atoms with Crippen molar-refractivity contribution in [1.82, 2.24) is 20.6 Å². The first-order valence-electron chi connectivity index (χ1n) is 8.23. The van der Waals surface area contributed by atoms with Crippen LogP contribution >= 0.6 is 35.3 Å². The Morgan fingerprint density at radius 3 is 2.80 bits per heavy atom. The highest BCUT2D eigenvalue weighted by Gasteiger charge is 2.05. The largest absolute Gasteiger partial charge is 0.477 e. The molecule has 0 aliphatic rings. The number of guanidine groups is 1. The van der Waals surface area contributed by atoms with Gasteiger partial charge in [0, 0.05) is 29.4 Å². The molecule has 138 valence electrons. The van der Waals surface area contributed by atoms with E-state index in [1.54, 1.807) is 17.5 Å².